The summed E-state index contributed by atoms with van der Waals surface area (Å²) in [6.45, 7) is 11.8. The van der Waals surface area contributed by atoms with Crippen LogP contribution in [0.15, 0.2) is 6.20 Å². The molecule has 3 rings (SSSR count). The van der Waals surface area contributed by atoms with Crippen molar-refractivity contribution in [1.29, 1.82) is 0 Å². The van der Waals surface area contributed by atoms with Gasteiger partial charge in [-0.3, -0.25) is 0 Å². The molecular weight excluding hydrogens is 306 g/mol. The molecule has 126 valence electrons. The third-order valence-electron chi connectivity index (χ3n) is 4.36. The smallest absolute Gasteiger partial charge is 0.133 e. The number of aryl methyl sites for hydroxylation is 2. The molecule has 0 fully saturated rings. The summed E-state index contributed by atoms with van der Waals surface area (Å²) < 4.78 is 2.32. The van der Waals surface area contributed by atoms with Gasteiger partial charge in [0.2, 0.25) is 0 Å². The molecule has 1 aliphatic heterocycles. The van der Waals surface area contributed by atoms with Crippen molar-refractivity contribution in [3.63, 3.8) is 0 Å². The zero-order chi connectivity index (χ0) is 16.4. The number of nitrogens with one attached hydrogen (secondary N) is 1. The average Bonchev–Trinajstić information content (AvgIpc) is 3.13. The van der Waals surface area contributed by atoms with Crippen molar-refractivity contribution in [1.82, 2.24) is 25.1 Å². The minimum absolute atomic E-state index is 0.146. The average molecular weight is 334 g/mol. The lowest BCUT2D eigenvalue weighted by Gasteiger charge is -2.24. The topological polar surface area (TPSA) is 55.6 Å². The van der Waals surface area contributed by atoms with Gasteiger partial charge >= 0.3 is 0 Å². The molecule has 23 heavy (non-hydrogen) atoms. The van der Waals surface area contributed by atoms with Crippen LogP contribution in [0.25, 0.3) is 0 Å². The Labute approximate surface area is 142 Å². The maximum atomic E-state index is 4.56. The van der Waals surface area contributed by atoms with Crippen molar-refractivity contribution < 1.29 is 0 Å². The monoisotopic (exact) mass is 333 g/mol. The van der Waals surface area contributed by atoms with Crippen LogP contribution >= 0.6 is 11.3 Å². The quantitative estimate of drug-likeness (QED) is 0.914. The number of aromatic nitrogens is 4. The summed E-state index contributed by atoms with van der Waals surface area (Å²) in [5, 5.41) is 13.4. The highest BCUT2D eigenvalue weighted by Crippen LogP contribution is 2.26. The van der Waals surface area contributed by atoms with E-state index in [2.05, 4.69) is 52.8 Å². The molecule has 0 amide bonds. The third-order valence-corrected chi connectivity index (χ3v) is 5.79. The molecule has 0 bridgehead atoms. The summed E-state index contributed by atoms with van der Waals surface area (Å²) in [5.74, 6) is 2.95. The lowest BCUT2D eigenvalue weighted by atomic mass is 9.98. The molecule has 0 radical (unpaired) electrons. The van der Waals surface area contributed by atoms with Crippen molar-refractivity contribution in [3.05, 3.63) is 27.7 Å². The Morgan fingerprint density at radius 1 is 1.35 bits per heavy atom. The summed E-state index contributed by atoms with van der Waals surface area (Å²) in [6, 6.07) is 0. The van der Waals surface area contributed by atoms with E-state index in [0.717, 1.165) is 44.1 Å². The second-order valence-corrected chi connectivity index (χ2v) is 8.53. The lowest BCUT2D eigenvalue weighted by molar-refractivity contribution is 0.343. The largest absolute Gasteiger partial charge is 0.315 e. The second-order valence-electron chi connectivity index (χ2n) is 7.41. The first kappa shape index (κ1) is 16.6. The normalized spacial score (nSPS) is 18.2. The van der Waals surface area contributed by atoms with Crippen LogP contribution in [0.2, 0.25) is 0 Å². The molecule has 2 aromatic heterocycles. The van der Waals surface area contributed by atoms with E-state index >= 15 is 0 Å². The predicted molar refractivity (Wildman–Crippen MR) is 93.7 cm³/mol. The van der Waals surface area contributed by atoms with Gasteiger partial charge in [-0.25, -0.2) is 4.98 Å². The maximum absolute atomic E-state index is 4.56. The summed E-state index contributed by atoms with van der Waals surface area (Å²) in [7, 11) is 0. The Bertz CT molecular complexity index is 639. The van der Waals surface area contributed by atoms with E-state index in [0.29, 0.717) is 5.92 Å². The van der Waals surface area contributed by atoms with E-state index in [4.69, 9.17) is 0 Å². The first-order valence-corrected chi connectivity index (χ1v) is 9.36. The Morgan fingerprint density at radius 3 is 2.87 bits per heavy atom. The highest BCUT2D eigenvalue weighted by atomic mass is 32.1. The minimum Gasteiger partial charge on any atom is -0.315 e. The summed E-state index contributed by atoms with van der Waals surface area (Å²) >= 11 is 1.82. The number of fused-ring (bicyclic) bond motifs is 1. The highest BCUT2D eigenvalue weighted by Gasteiger charge is 2.22. The van der Waals surface area contributed by atoms with E-state index < -0.39 is 0 Å². The van der Waals surface area contributed by atoms with E-state index in [-0.39, 0.29) is 5.41 Å². The van der Waals surface area contributed by atoms with Crippen molar-refractivity contribution >= 4 is 11.3 Å². The minimum atomic E-state index is 0.146. The summed E-state index contributed by atoms with van der Waals surface area (Å²) in [5.41, 5.74) is 0.146. The van der Waals surface area contributed by atoms with Crippen molar-refractivity contribution in [2.45, 2.75) is 65.5 Å². The van der Waals surface area contributed by atoms with Gasteiger partial charge in [-0.05, 0) is 12.3 Å². The van der Waals surface area contributed by atoms with Crippen LogP contribution in [0.1, 0.15) is 55.6 Å². The van der Waals surface area contributed by atoms with E-state index in [1.165, 1.54) is 16.3 Å². The van der Waals surface area contributed by atoms with Crippen molar-refractivity contribution in [2.24, 2.45) is 5.92 Å². The molecule has 3 heterocycles. The van der Waals surface area contributed by atoms with Crippen molar-refractivity contribution in [2.75, 3.05) is 6.54 Å². The number of thiazole rings is 1. The Hall–Kier alpha value is -1.27. The van der Waals surface area contributed by atoms with Crippen LogP contribution < -0.4 is 5.32 Å². The van der Waals surface area contributed by atoms with Crippen LogP contribution in [0.4, 0.5) is 0 Å². The molecule has 0 unspecified atom stereocenters. The van der Waals surface area contributed by atoms with Gasteiger partial charge in [-0.15, -0.1) is 21.5 Å². The number of nitrogens with zero attached hydrogens (tertiary/aromatic N) is 4. The Morgan fingerprint density at radius 2 is 2.17 bits per heavy atom. The molecule has 1 aliphatic rings. The van der Waals surface area contributed by atoms with Gasteiger partial charge in [0.1, 0.15) is 11.6 Å². The number of rotatable bonds is 5. The molecule has 6 heteroatoms. The van der Waals surface area contributed by atoms with E-state index in [1.54, 1.807) is 0 Å². The zero-order valence-electron chi connectivity index (χ0n) is 14.6. The molecule has 2 aromatic rings. The standard InChI is InChI=1S/C17H27N5S/c1-5-14-20-21-15-7-6-12(11-22(14)15)8-18-9-13-10-19-16(23-13)17(2,3)4/h10,12,18H,5-9,11H2,1-4H3/t12-/m1/s1. The number of hydrogen-bond acceptors (Lipinski definition) is 5. The van der Waals surface area contributed by atoms with Crippen LogP contribution in [-0.4, -0.2) is 26.3 Å². The van der Waals surface area contributed by atoms with Crippen LogP contribution in [0.5, 0.6) is 0 Å². The molecule has 0 saturated carbocycles. The van der Waals surface area contributed by atoms with Crippen LogP contribution in [0, 0.1) is 5.92 Å². The first-order chi connectivity index (χ1) is 11.0. The molecule has 1 atom stereocenters. The third kappa shape index (κ3) is 3.80. The molecular formula is C17H27N5S. The fourth-order valence-electron chi connectivity index (χ4n) is 3.01. The first-order valence-electron chi connectivity index (χ1n) is 8.54. The summed E-state index contributed by atoms with van der Waals surface area (Å²) in [4.78, 5) is 5.88. The van der Waals surface area contributed by atoms with E-state index in [1.807, 2.05) is 17.5 Å². The maximum Gasteiger partial charge on any atom is 0.133 e. The zero-order valence-corrected chi connectivity index (χ0v) is 15.4. The Balaban J connectivity index is 1.51. The predicted octanol–water partition coefficient (Wildman–Crippen LogP) is 2.95. The second kappa shape index (κ2) is 6.69. The van der Waals surface area contributed by atoms with Crippen molar-refractivity contribution in [3.8, 4) is 0 Å². The molecule has 1 N–H and O–H groups in total. The Kier molecular flexibility index (Phi) is 4.82. The van der Waals surface area contributed by atoms with Gasteiger partial charge in [0.15, 0.2) is 0 Å². The lowest BCUT2D eigenvalue weighted by Crippen LogP contribution is -2.30. The summed E-state index contributed by atoms with van der Waals surface area (Å²) in [6.07, 6.45) is 5.23. The number of hydrogen-bond donors (Lipinski definition) is 1. The van der Waals surface area contributed by atoms with Gasteiger partial charge in [0.25, 0.3) is 0 Å². The molecule has 5 nitrogen and oxygen atoms in total. The van der Waals surface area contributed by atoms with Gasteiger partial charge in [-0.1, -0.05) is 27.7 Å². The fourth-order valence-corrected chi connectivity index (χ4v) is 3.95. The molecule has 0 saturated heterocycles. The van der Waals surface area contributed by atoms with Gasteiger partial charge in [0.05, 0.1) is 5.01 Å². The highest BCUT2D eigenvalue weighted by molar-refractivity contribution is 7.11. The van der Waals surface area contributed by atoms with Gasteiger partial charge in [-0.2, -0.15) is 0 Å². The van der Waals surface area contributed by atoms with Crippen LogP contribution in [-0.2, 0) is 31.3 Å². The molecule has 0 aromatic carbocycles. The van der Waals surface area contributed by atoms with Crippen LogP contribution in [0.3, 0.4) is 0 Å². The fraction of sp³-hybridized carbons (Fsp3) is 0.706. The van der Waals surface area contributed by atoms with Gasteiger partial charge in [0, 0.05) is 49.0 Å². The van der Waals surface area contributed by atoms with E-state index in [9.17, 15) is 0 Å². The molecule has 0 aliphatic carbocycles. The SMILES string of the molecule is CCc1nnc2n1C[C@@H](CNCc1cnc(C(C)(C)C)s1)CC2. The van der Waals surface area contributed by atoms with Gasteiger partial charge < -0.3 is 9.88 Å². The molecule has 0 spiro atoms.